The number of amides is 1. The van der Waals surface area contributed by atoms with Gasteiger partial charge in [-0.15, -0.1) is 0 Å². The Morgan fingerprint density at radius 1 is 0.885 bits per heavy atom. The van der Waals surface area contributed by atoms with E-state index in [1.807, 2.05) is 30.3 Å². The van der Waals surface area contributed by atoms with Crippen LogP contribution < -0.4 is 27.4 Å². The number of nitrogen functional groups attached to an aromatic ring is 1. The van der Waals surface area contributed by atoms with Crippen molar-refractivity contribution in [2.45, 2.75) is 0 Å². The van der Waals surface area contributed by atoms with Crippen LogP contribution in [0.5, 0.6) is 0 Å². The molecule has 1 aromatic heterocycles. The number of hydrogen-bond donors (Lipinski definition) is 5. The van der Waals surface area contributed by atoms with E-state index in [-0.39, 0.29) is 17.4 Å². The van der Waals surface area contributed by atoms with Crippen LogP contribution in [0.2, 0.25) is 5.02 Å². The van der Waals surface area contributed by atoms with E-state index in [0.717, 1.165) is 5.69 Å². The Morgan fingerprint density at radius 3 is 2.23 bits per heavy atom. The third kappa shape index (κ3) is 4.31. The average Bonchev–Trinajstić information content (AvgIpc) is 2.67. The molecule has 6 N–H and O–H groups in total. The molecular weight excluding hydrogens is 354 g/mol. The average molecular weight is 370 g/mol. The second-order valence-corrected chi connectivity index (χ2v) is 5.62. The zero-order valence-electron chi connectivity index (χ0n) is 13.5. The lowest BCUT2D eigenvalue weighted by molar-refractivity contribution is 0.0962. The molecule has 1 heterocycles. The first-order valence-corrected chi connectivity index (χ1v) is 8.01. The van der Waals surface area contributed by atoms with Crippen molar-refractivity contribution in [1.82, 2.24) is 15.4 Å². The van der Waals surface area contributed by atoms with E-state index in [4.69, 9.17) is 17.3 Å². The maximum absolute atomic E-state index is 12.1. The van der Waals surface area contributed by atoms with Gasteiger partial charge in [0.25, 0.3) is 5.91 Å². The van der Waals surface area contributed by atoms with Crippen molar-refractivity contribution < 1.29 is 4.79 Å². The molecule has 0 aliphatic heterocycles. The minimum atomic E-state index is -0.350. The number of rotatable bonds is 6. The van der Waals surface area contributed by atoms with Crippen LogP contribution >= 0.6 is 11.6 Å². The number of nitrogens with one attached hydrogen (secondary N) is 4. The highest BCUT2D eigenvalue weighted by Gasteiger charge is 2.10. The molecule has 2 aromatic carbocycles. The lowest BCUT2D eigenvalue weighted by Gasteiger charge is -2.14. The maximum atomic E-state index is 12.1. The molecule has 1 amide bonds. The fraction of sp³-hybridized carbons (Fsp3) is 0. The van der Waals surface area contributed by atoms with Crippen molar-refractivity contribution in [1.29, 1.82) is 0 Å². The van der Waals surface area contributed by atoms with Crippen LogP contribution in [0.3, 0.4) is 0 Å². The van der Waals surface area contributed by atoms with Crippen molar-refractivity contribution >= 4 is 40.5 Å². The summed E-state index contributed by atoms with van der Waals surface area (Å²) in [6.07, 6.45) is 1.32. The Labute approximate surface area is 154 Å². The van der Waals surface area contributed by atoms with Gasteiger partial charge in [0, 0.05) is 10.6 Å². The number of hydrazine groups is 2. The van der Waals surface area contributed by atoms with Crippen LogP contribution in [0.4, 0.5) is 23.0 Å². The van der Waals surface area contributed by atoms with Crippen LogP contribution in [0, 0.1) is 0 Å². The number of anilines is 4. The SMILES string of the molecule is Nc1c(NNC(=O)c2ccc(Cl)cc2)ncnc1NNc1ccccc1. The molecule has 0 atom stereocenters. The molecule has 8 nitrogen and oxygen atoms in total. The molecule has 0 aliphatic carbocycles. The van der Waals surface area contributed by atoms with E-state index < -0.39 is 0 Å². The molecule has 0 aliphatic rings. The quantitative estimate of drug-likeness (QED) is 0.424. The lowest BCUT2D eigenvalue weighted by atomic mass is 10.2. The molecule has 0 saturated carbocycles. The van der Waals surface area contributed by atoms with E-state index in [9.17, 15) is 4.79 Å². The number of carbonyl (C=O) groups excluding carboxylic acids is 1. The Balaban J connectivity index is 1.63. The fourth-order valence-corrected chi connectivity index (χ4v) is 2.16. The second kappa shape index (κ2) is 8.04. The number of benzene rings is 2. The van der Waals surface area contributed by atoms with Crippen molar-refractivity contribution in [2.24, 2.45) is 0 Å². The number of nitrogens with zero attached hydrogens (tertiary/aromatic N) is 2. The number of carbonyl (C=O) groups is 1. The Bertz CT molecular complexity index is 887. The zero-order valence-corrected chi connectivity index (χ0v) is 14.3. The summed E-state index contributed by atoms with van der Waals surface area (Å²) in [6.45, 7) is 0. The van der Waals surface area contributed by atoms with Crippen molar-refractivity contribution in [3.8, 4) is 0 Å². The van der Waals surface area contributed by atoms with Crippen LogP contribution in [0.25, 0.3) is 0 Å². The zero-order chi connectivity index (χ0) is 18.4. The largest absolute Gasteiger partial charge is 0.393 e. The van der Waals surface area contributed by atoms with Gasteiger partial charge in [-0.25, -0.2) is 9.97 Å². The lowest BCUT2D eigenvalue weighted by Crippen LogP contribution is -2.30. The molecule has 0 fully saturated rings. The molecule has 26 heavy (non-hydrogen) atoms. The summed E-state index contributed by atoms with van der Waals surface area (Å²) in [6, 6.07) is 16.0. The standard InChI is InChI=1S/C17H16ClN7O/c18-12-8-6-11(7-9-12)17(26)25-24-16-14(19)15(20-10-21-16)23-22-13-4-2-1-3-5-13/h1-10,22H,19H2,(H,25,26)(H2,20,21,23,24). The highest BCUT2D eigenvalue weighted by atomic mass is 35.5. The summed E-state index contributed by atoms with van der Waals surface area (Å²) in [7, 11) is 0. The molecule has 0 unspecified atom stereocenters. The van der Waals surface area contributed by atoms with Crippen molar-refractivity contribution in [3.05, 3.63) is 71.5 Å². The summed E-state index contributed by atoms with van der Waals surface area (Å²) in [5.41, 5.74) is 18.7. The summed E-state index contributed by atoms with van der Waals surface area (Å²) in [5, 5.41) is 0.552. The molecule has 132 valence electrons. The smallest absolute Gasteiger partial charge is 0.269 e. The van der Waals surface area contributed by atoms with Crippen molar-refractivity contribution in [2.75, 3.05) is 22.0 Å². The van der Waals surface area contributed by atoms with Gasteiger partial charge in [-0.2, -0.15) is 0 Å². The topological polar surface area (TPSA) is 117 Å². The first-order valence-electron chi connectivity index (χ1n) is 7.63. The third-order valence-corrected chi connectivity index (χ3v) is 3.64. The van der Waals surface area contributed by atoms with Crippen LogP contribution in [0.1, 0.15) is 10.4 Å². The second-order valence-electron chi connectivity index (χ2n) is 5.19. The maximum Gasteiger partial charge on any atom is 0.269 e. The monoisotopic (exact) mass is 369 g/mol. The van der Waals surface area contributed by atoms with E-state index in [1.54, 1.807) is 24.3 Å². The molecule has 3 rings (SSSR count). The molecule has 0 bridgehead atoms. The van der Waals surface area contributed by atoms with E-state index >= 15 is 0 Å². The Kier molecular flexibility index (Phi) is 5.35. The van der Waals surface area contributed by atoms with Crippen molar-refractivity contribution in [3.63, 3.8) is 0 Å². The predicted molar refractivity (Wildman–Crippen MR) is 103 cm³/mol. The predicted octanol–water partition coefficient (Wildman–Crippen LogP) is 2.91. The molecule has 0 spiro atoms. The van der Waals surface area contributed by atoms with Gasteiger partial charge < -0.3 is 5.73 Å². The molecule has 0 radical (unpaired) electrons. The molecule has 0 saturated heterocycles. The van der Waals surface area contributed by atoms with Gasteiger partial charge in [0.05, 0.1) is 5.69 Å². The van der Waals surface area contributed by atoms with Crippen LogP contribution in [0.15, 0.2) is 60.9 Å². The number of halogens is 1. The van der Waals surface area contributed by atoms with Gasteiger partial charge in [0.1, 0.15) is 12.0 Å². The van der Waals surface area contributed by atoms with Gasteiger partial charge in [0.2, 0.25) is 0 Å². The van der Waals surface area contributed by atoms with Gasteiger partial charge in [0.15, 0.2) is 11.6 Å². The number of para-hydroxylation sites is 1. The first-order chi connectivity index (χ1) is 12.6. The summed E-state index contributed by atoms with van der Waals surface area (Å²) in [4.78, 5) is 20.2. The fourth-order valence-electron chi connectivity index (χ4n) is 2.04. The van der Waals surface area contributed by atoms with Crippen LogP contribution in [-0.4, -0.2) is 15.9 Å². The molecule has 3 aromatic rings. The van der Waals surface area contributed by atoms with Gasteiger partial charge >= 0.3 is 0 Å². The summed E-state index contributed by atoms with van der Waals surface area (Å²) in [5.74, 6) is 0.281. The highest BCUT2D eigenvalue weighted by molar-refractivity contribution is 6.30. The first kappa shape index (κ1) is 17.3. The number of nitrogens with two attached hydrogens (primary N) is 1. The third-order valence-electron chi connectivity index (χ3n) is 3.38. The van der Waals surface area contributed by atoms with E-state index in [2.05, 4.69) is 31.7 Å². The van der Waals surface area contributed by atoms with Gasteiger partial charge in [-0.05, 0) is 36.4 Å². The summed E-state index contributed by atoms with van der Waals surface area (Å²) < 4.78 is 0. The Morgan fingerprint density at radius 2 is 1.54 bits per heavy atom. The number of aromatic nitrogens is 2. The highest BCUT2D eigenvalue weighted by Crippen LogP contribution is 2.22. The minimum Gasteiger partial charge on any atom is -0.393 e. The van der Waals surface area contributed by atoms with E-state index in [1.165, 1.54) is 6.33 Å². The van der Waals surface area contributed by atoms with Gasteiger partial charge in [-0.3, -0.25) is 26.5 Å². The molecule has 9 heteroatoms. The Hall–Kier alpha value is -3.52. The van der Waals surface area contributed by atoms with Gasteiger partial charge in [-0.1, -0.05) is 29.8 Å². The normalized spacial score (nSPS) is 10.0. The van der Waals surface area contributed by atoms with Crippen LogP contribution in [-0.2, 0) is 0 Å². The number of hydrogen-bond acceptors (Lipinski definition) is 7. The summed E-state index contributed by atoms with van der Waals surface area (Å²) >= 11 is 5.81. The minimum absolute atomic E-state index is 0.243. The van der Waals surface area contributed by atoms with E-state index in [0.29, 0.717) is 16.4 Å². The molecular formula is C17H16ClN7O.